The number of nitrogens with zero attached hydrogens (tertiary/aromatic N) is 1. The first-order chi connectivity index (χ1) is 8.08. The number of benzene rings is 1. The molecule has 0 amide bonds. The molecule has 0 N–H and O–H groups in total. The van der Waals surface area contributed by atoms with E-state index in [4.69, 9.17) is 4.98 Å². The molecule has 0 saturated heterocycles. The van der Waals surface area contributed by atoms with E-state index in [1.165, 1.54) is 28.3 Å². The third-order valence-electron chi connectivity index (χ3n) is 3.41. The molecule has 3 rings (SSSR count). The van der Waals surface area contributed by atoms with Crippen LogP contribution in [0.3, 0.4) is 0 Å². The fourth-order valence-corrected chi connectivity index (χ4v) is 3.50. The average molecular weight is 308 g/mol. The van der Waals surface area contributed by atoms with Crippen molar-refractivity contribution in [2.24, 2.45) is 0 Å². The van der Waals surface area contributed by atoms with Crippen LogP contribution in [0.2, 0.25) is 0 Å². The second kappa shape index (κ2) is 3.92. The number of halogens is 1. The van der Waals surface area contributed by atoms with Gasteiger partial charge < -0.3 is 0 Å². The fraction of sp³-hybridized carbons (Fsp3) is 0.357. The molecule has 1 aliphatic carbocycles. The first-order valence-corrected chi connectivity index (χ1v) is 7.43. The van der Waals surface area contributed by atoms with Gasteiger partial charge in [-0.25, -0.2) is 4.98 Å². The second-order valence-electron chi connectivity index (χ2n) is 4.99. The molecular formula is C14H14BrNS. The van der Waals surface area contributed by atoms with Crippen LogP contribution in [0.25, 0.3) is 11.3 Å². The lowest BCUT2D eigenvalue weighted by atomic mass is 10.1. The van der Waals surface area contributed by atoms with Crippen molar-refractivity contribution in [1.29, 1.82) is 0 Å². The Morgan fingerprint density at radius 1 is 1.35 bits per heavy atom. The van der Waals surface area contributed by atoms with Crippen LogP contribution in [0.4, 0.5) is 0 Å². The van der Waals surface area contributed by atoms with Crippen LogP contribution in [0.1, 0.15) is 29.7 Å². The topological polar surface area (TPSA) is 12.9 Å². The van der Waals surface area contributed by atoms with Crippen molar-refractivity contribution in [1.82, 2.24) is 4.98 Å². The molecule has 0 atom stereocenters. The van der Waals surface area contributed by atoms with Gasteiger partial charge in [0.25, 0.3) is 0 Å². The summed E-state index contributed by atoms with van der Waals surface area (Å²) in [5.74, 6) is 0. The molecule has 17 heavy (non-hydrogen) atoms. The molecule has 0 spiro atoms. The largest absolute Gasteiger partial charge is 0.240 e. The Morgan fingerprint density at radius 3 is 2.76 bits per heavy atom. The highest BCUT2D eigenvalue weighted by molar-refractivity contribution is 9.10. The molecule has 1 heterocycles. The van der Waals surface area contributed by atoms with Crippen molar-refractivity contribution in [3.63, 3.8) is 0 Å². The minimum absolute atomic E-state index is 0.375. The normalized spacial score (nSPS) is 17.1. The van der Waals surface area contributed by atoms with Gasteiger partial charge in [0, 0.05) is 20.3 Å². The fourth-order valence-electron chi connectivity index (χ4n) is 1.96. The lowest BCUT2D eigenvalue weighted by Gasteiger charge is -2.01. The molecule has 88 valence electrons. The molecule has 0 radical (unpaired) electrons. The van der Waals surface area contributed by atoms with E-state index in [-0.39, 0.29) is 0 Å². The predicted molar refractivity (Wildman–Crippen MR) is 76.6 cm³/mol. The lowest BCUT2D eigenvalue weighted by molar-refractivity contribution is 0.777. The van der Waals surface area contributed by atoms with Gasteiger partial charge in [0.2, 0.25) is 0 Å². The summed E-state index contributed by atoms with van der Waals surface area (Å²) in [7, 11) is 0. The van der Waals surface area contributed by atoms with Crippen LogP contribution >= 0.6 is 27.3 Å². The molecule has 0 bridgehead atoms. The van der Waals surface area contributed by atoms with Gasteiger partial charge in [-0.1, -0.05) is 35.0 Å². The minimum atomic E-state index is 0.375. The van der Waals surface area contributed by atoms with Gasteiger partial charge in [-0.2, -0.15) is 0 Å². The van der Waals surface area contributed by atoms with Gasteiger partial charge >= 0.3 is 0 Å². The summed E-state index contributed by atoms with van der Waals surface area (Å²) in [5, 5.41) is 1.31. The van der Waals surface area contributed by atoms with E-state index in [0.29, 0.717) is 5.41 Å². The molecule has 1 saturated carbocycles. The number of thiazole rings is 1. The molecule has 1 aromatic carbocycles. The Kier molecular flexibility index (Phi) is 2.64. The van der Waals surface area contributed by atoms with Crippen LogP contribution < -0.4 is 0 Å². The zero-order valence-electron chi connectivity index (χ0n) is 9.96. The van der Waals surface area contributed by atoms with Gasteiger partial charge in [-0.05, 0) is 31.9 Å². The van der Waals surface area contributed by atoms with Crippen LogP contribution in [0.15, 0.2) is 28.7 Å². The number of aromatic nitrogens is 1. The monoisotopic (exact) mass is 307 g/mol. The molecule has 2 aromatic rings. The van der Waals surface area contributed by atoms with Crippen molar-refractivity contribution in [3.8, 4) is 11.3 Å². The van der Waals surface area contributed by atoms with Gasteiger partial charge in [0.05, 0.1) is 10.7 Å². The van der Waals surface area contributed by atoms with Crippen molar-refractivity contribution in [2.45, 2.75) is 32.1 Å². The molecule has 1 nitrogen and oxygen atoms in total. The zero-order chi connectivity index (χ0) is 12.0. The van der Waals surface area contributed by atoms with Crippen LogP contribution in [-0.2, 0) is 5.41 Å². The summed E-state index contributed by atoms with van der Waals surface area (Å²) in [5.41, 5.74) is 2.74. The van der Waals surface area contributed by atoms with Crippen LogP contribution in [-0.4, -0.2) is 4.98 Å². The summed E-state index contributed by atoms with van der Waals surface area (Å²) in [6.45, 7) is 4.49. The Hall–Kier alpha value is -0.670. The predicted octanol–water partition coefficient (Wildman–Crippen LogP) is 4.93. The second-order valence-corrected chi connectivity index (χ2v) is 7.11. The van der Waals surface area contributed by atoms with E-state index in [9.17, 15) is 0 Å². The van der Waals surface area contributed by atoms with Crippen LogP contribution in [0.5, 0.6) is 0 Å². The van der Waals surface area contributed by atoms with E-state index < -0.39 is 0 Å². The van der Waals surface area contributed by atoms with E-state index in [2.05, 4.69) is 48.0 Å². The summed E-state index contributed by atoms with van der Waals surface area (Å²) in [4.78, 5) is 6.18. The Bertz CT molecular complexity index is 569. The summed E-state index contributed by atoms with van der Waals surface area (Å²) in [6.07, 6.45) is 2.58. The highest BCUT2D eigenvalue weighted by Crippen LogP contribution is 2.50. The third kappa shape index (κ3) is 2.06. The Balaban J connectivity index is 2.06. The van der Waals surface area contributed by atoms with Gasteiger partial charge in [-0.3, -0.25) is 0 Å². The van der Waals surface area contributed by atoms with Crippen molar-refractivity contribution in [3.05, 3.63) is 38.6 Å². The number of aryl methyl sites for hydroxylation is 1. The summed E-state index contributed by atoms with van der Waals surface area (Å²) in [6, 6.07) is 8.39. The molecule has 1 aromatic heterocycles. The molecular weight excluding hydrogens is 294 g/mol. The molecule has 0 unspecified atom stereocenters. The maximum Gasteiger partial charge on any atom is 0.0994 e. The first-order valence-electron chi connectivity index (χ1n) is 5.82. The van der Waals surface area contributed by atoms with E-state index >= 15 is 0 Å². The summed E-state index contributed by atoms with van der Waals surface area (Å²) < 4.78 is 1.11. The molecule has 3 heteroatoms. The van der Waals surface area contributed by atoms with E-state index in [0.717, 1.165) is 10.2 Å². The average Bonchev–Trinajstić information content (AvgIpc) is 2.90. The highest BCUT2D eigenvalue weighted by atomic mass is 79.9. The molecule has 0 aliphatic heterocycles. The van der Waals surface area contributed by atoms with Gasteiger partial charge in [0.1, 0.15) is 0 Å². The van der Waals surface area contributed by atoms with Crippen molar-refractivity contribution < 1.29 is 0 Å². The van der Waals surface area contributed by atoms with Crippen molar-refractivity contribution >= 4 is 27.3 Å². The zero-order valence-corrected chi connectivity index (χ0v) is 12.4. The Morgan fingerprint density at radius 2 is 2.12 bits per heavy atom. The highest BCUT2D eigenvalue weighted by Gasteiger charge is 2.42. The minimum Gasteiger partial charge on any atom is -0.240 e. The van der Waals surface area contributed by atoms with Crippen molar-refractivity contribution in [2.75, 3.05) is 0 Å². The van der Waals surface area contributed by atoms with E-state index in [1.807, 2.05) is 17.4 Å². The lowest BCUT2D eigenvalue weighted by Crippen LogP contribution is -1.97. The van der Waals surface area contributed by atoms with Gasteiger partial charge in [-0.15, -0.1) is 11.3 Å². The smallest absolute Gasteiger partial charge is 0.0994 e. The number of hydrogen-bond acceptors (Lipinski definition) is 2. The number of hydrogen-bond donors (Lipinski definition) is 0. The molecule has 1 aliphatic rings. The third-order valence-corrected chi connectivity index (χ3v) is 5.18. The maximum atomic E-state index is 4.85. The Labute approximate surface area is 114 Å². The maximum absolute atomic E-state index is 4.85. The standard InChI is InChI=1S/C14H14BrNS/c1-9-12(10-4-3-5-11(15)8-10)16-13(17-9)14(2)6-7-14/h3-5,8H,6-7H2,1-2H3. The van der Waals surface area contributed by atoms with Crippen LogP contribution in [0, 0.1) is 6.92 Å². The molecule has 1 fully saturated rings. The van der Waals surface area contributed by atoms with E-state index in [1.54, 1.807) is 0 Å². The van der Waals surface area contributed by atoms with Gasteiger partial charge in [0.15, 0.2) is 0 Å². The SMILES string of the molecule is Cc1sc(C2(C)CC2)nc1-c1cccc(Br)c1. The quantitative estimate of drug-likeness (QED) is 0.766. The number of rotatable bonds is 2. The summed E-state index contributed by atoms with van der Waals surface area (Å²) >= 11 is 5.38. The first kappa shape index (κ1) is 11.4.